The summed E-state index contributed by atoms with van der Waals surface area (Å²) in [5.41, 5.74) is 0.746. The number of hydrogen-bond donors (Lipinski definition) is 2. The summed E-state index contributed by atoms with van der Waals surface area (Å²) >= 11 is 0. The summed E-state index contributed by atoms with van der Waals surface area (Å²) in [7, 11) is 0. The van der Waals surface area contributed by atoms with Gasteiger partial charge in [0.25, 0.3) is 0 Å². The summed E-state index contributed by atoms with van der Waals surface area (Å²) in [6.07, 6.45) is 3.89. The van der Waals surface area contributed by atoms with Crippen molar-refractivity contribution in [2.45, 2.75) is 19.4 Å². The van der Waals surface area contributed by atoms with Gasteiger partial charge in [-0.1, -0.05) is 6.07 Å². The molecule has 1 unspecified atom stereocenters. The van der Waals surface area contributed by atoms with Gasteiger partial charge in [0.1, 0.15) is 11.6 Å². The average molecular weight is 348 g/mol. The monoisotopic (exact) mass is 348 g/mol. The predicted octanol–water partition coefficient (Wildman–Crippen LogP) is 1.40. The first kappa shape index (κ1) is 17.1. The molecule has 132 valence electrons. The Balaban J connectivity index is 1.54. The number of hydrogen-bond acceptors (Lipinski definition) is 3. The lowest BCUT2D eigenvalue weighted by Gasteiger charge is -2.17. The molecule has 1 fully saturated rings. The number of likely N-dealkylation sites (tertiary alicyclic amines) is 1. The van der Waals surface area contributed by atoms with Gasteiger partial charge >= 0.3 is 0 Å². The lowest BCUT2D eigenvalue weighted by atomic mass is 10.1. The van der Waals surface area contributed by atoms with E-state index in [4.69, 9.17) is 0 Å². The SMILES string of the molecule is O=C(NCCc1cnc[nH]1)C1CC(=O)N(Cc2c(F)cccc2F)C1. The summed E-state index contributed by atoms with van der Waals surface area (Å²) in [5.74, 6) is -2.41. The molecular weight excluding hydrogens is 330 g/mol. The van der Waals surface area contributed by atoms with Gasteiger partial charge in [0.15, 0.2) is 0 Å². The summed E-state index contributed by atoms with van der Waals surface area (Å²) in [6, 6.07) is 3.58. The van der Waals surface area contributed by atoms with Crippen LogP contribution in [0.1, 0.15) is 17.7 Å². The van der Waals surface area contributed by atoms with Crippen molar-refractivity contribution in [2.24, 2.45) is 5.92 Å². The minimum absolute atomic E-state index is 0.0476. The second kappa shape index (κ2) is 7.42. The van der Waals surface area contributed by atoms with Crippen molar-refractivity contribution in [3.05, 3.63) is 53.6 Å². The maximum absolute atomic E-state index is 13.7. The van der Waals surface area contributed by atoms with Crippen LogP contribution in [0.2, 0.25) is 0 Å². The molecule has 1 saturated heterocycles. The molecule has 2 amide bonds. The molecule has 0 aliphatic carbocycles. The highest BCUT2D eigenvalue weighted by atomic mass is 19.1. The van der Waals surface area contributed by atoms with Crippen LogP contribution in [0.25, 0.3) is 0 Å². The van der Waals surface area contributed by atoms with E-state index in [1.807, 2.05) is 0 Å². The Bertz CT molecular complexity index is 744. The molecule has 0 radical (unpaired) electrons. The number of amides is 2. The fourth-order valence-corrected chi connectivity index (χ4v) is 2.86. The summed E-state index contributed by atoms with van der Waals surface area (Å²) < 4.78 is 27.4. The van der Waals surface area contributed by atoms with Crippen LogP contribution in [0, 0.1) is 17.6 Å². The van der Waals surface area contributed by atoms with Crippen molar-refractivity contribution in [1.29, 1.82) is 0 Å². The first-order valence-electron chi connectivity index (χ1n) is 8.00. The number of aromatic amines is 1. The van der Waals surface area contributed by atoms with E-state index in [2.05, 4.69) is 15.3 Å². The number of carbonyl (C=O) groups excluding carboxylic acids is 2. The Kier molecular flexibility index (Phi) is 5.06. The summed E-state index contributed by atoms with van der Waals surface area (Å²) in [4.78, 5) is 32.4. The zero-order valence-electron chi connectivity index (χ0n) is 13.5. The van der Waals surface area contributed by atoms with Crippen LogP contribution < -0.4 is 5.32 Å². The smallest absolute Gasteiger partial charge is 0.225 e. The van der Waals surface area contributed by atoms with Crippen LogP contribution in [0.15, 0.2) is 30.7 Å². The molecule has 0 saturated carbocycles. The average Bonchev–Trinajstić information content (AvgIpc) is 3.21. The maximum Gasteiger partial charge on any atom is 0.225 e. The van der Waals surface area contributed by atoms with E-state index in [0.717, 1.165) is 17.8 Å². The molecule has 1 aromatic heterocycles. The third-order valence-corrected chi connectivity index (χ3v) is 4.24. The van der Waals surface area contributed by atoms with Crippen LogP contribution in [-0.2, 0) is 22.6 Å². The number of imidazole rings is 1. The molecule has 0 spiro atoms. The van der Waals surface area contributed by atoms with E-state index in [9.17, 15) is 18.4 Å². The third kappa shape index (κ3) is 4.01. The van der Waals surface area contributed by atoms with Gasteiger partial charge in [-0.15, -0.1) is 0 Å². The maximum atomic E-state index is 13.7. The number of rotatable bonds is 6. The Morgan fingerprint density at radius 2 is 2.12 bits per heavy atom. The van der Waals surface area contributed by atoms with Crippen LogP contribution in [0.4, 0.5) is 8.78 Å². The molecule has 6 nitrogen and oxygen atoms in total. The minimum atomic E-state index is -0.694. The minimum Gasteiger partial charge on any atom is -0.355 e. The topological polar surface area (TPSA) is 78.1 Å². The Hall–Kier alpha value is -2.77. The quantitative estimate of drug-likeness (QED) is 0.828. The van der Waals surface area contributed by atoms with Crippen molar-refractivity contribution < 1.29 is 18.4 Å². The number of carbonyl (C=O) groups is 2. The van der Waals surface area contributed by atoms with E-state index in [-0.39, 0.29) is 36.9 Å². The van der Waals surface area contributed by atoms with Gasteiger partial charge in [0.05, 0.1) is 18.8 Å². The molecule has 2 heterocycles. The Morgan fingerprint density at radius 3 is 2.80 bits per heavy atom. The van der Waals surface area contributed by atoms with Gasteiger partial charge < -0.3 is 15.2 Å². The van der Waals surface area contributed by atoms with E-state index in [1.54, 1.807) is 12.5 Å². The van der Waals surface area contributed by atoms with Gasteiger partial charge in [-0.25, -0.2) is 13.8 Å². The second-order valence-electron chi connectivity index (χ2n) is 5.99. The number of nitrogens with one attached hydrogen (secondary N) is 2. The van der Waals surface area contributed by atoms with E-state index in [0.29, 0.717) is 13.0 Å². The van der Waals surface area contributed by atoms with Crippen LogP contribution in [0.3, 0.4) is 0 Å². The number of aromatic nitrogens is 2. The Morgan fingerprint density at radius 1 is 1.36 bits per heavy atom. The number of benzene rings is 1. The van der Waals surface area contributed by atoms with Crippen LogP contribution in [0.5, 0.6) is 0 Å². The first-order chi connectivity index (χ1) is 12.0. The van der Waals surface area contributed by atoms with Crippen molar-refractivity contribution in [2.75, 3.05) is 13.1 Å². The zero-order chi connectivity index (χ0) is 17.8. The van der Waals surface area contributed by atoms with Gasteiger partial charge in [0.2, 0.25) is 11.8 Å². The van der Waals surface area contributed by atoms with Gasteiger partial charge in [-0.05, 0) is 12.1 Å². The first-order valence-corrected chi connectivity index (χ1v) is 8.00. The highest BCUT2D eigenvalue weighted by molar-refractivity contribution is 5.89. The van der Waals surface area contributed by atoms with E-state index >= 15 is 0 Å². The normalized spacial score (nSPS) is 17.1. The van der Waals surface area contributed by atoms with Crippen molar-refractivity contribution in [1.82, 2.24) is 20.2 Å². The molecular formula is C17H18F2N4O2. The second-order valence-corrected chi connectivity index (χ2v) is 5.99. The zero-order valence-corrected chi connectivity index (χ0v) is 13.5. The molecule has 25 heavy (non-hydrogen) atoms. The third-order valence-electron chi connectivity index (χ3n) is 4.24. The molecule has 1 aromatic carbocycles. The molecule has 0 bridgehead atoms. The molecule has 3 rings (SSSR count). The van der Waals surface area contributed by atoms with Crippen molar-refractivity contribution in [3.8, 4) is 0 Å². The highest BCUT2D eigenvalue weighted by Crippen LogP contribution is 2.22. The highest BCUT2D eigenvalue weighted by Gasteiger charge is 2.34. The molecule has 2 aromatic rings. The molecule has 1 aliphatic heterocycles. The standard InChI is InChI=1S/C17H18F2N4O2/c18-14-2-1-3-15(19)13(14)9-23-8-11(6-16(23)24)17(25)21-5-4-12-7-20-10-22-12/h1-3,7,10-11H,4-6,8-9H2,(H,20,22)(H,21,25). The van der Waals surface area contributed by atoms with Crippen molar-refractivity contribution >= 4 is 11.8 Å². The van der Waals surface area contributed by atoms with Crippen LogP contribution in [-0.4, -0.2) is 39.8 Å². The fraction of sp³-hybridized carbons (Fsp3) is 0.353. The predicted molar refractivity (Wildman–Crippen MR) is 85.2 cm³/mol. The molecule has 1 atom stereocenters. The van der Waals surface area contributed by atoms with Gasteiger partial charge in [0, 0.05) is 43.4 Å². The lowest BCUT2D eigenvalue weighted by molar-refractivity contribution is -0.129. The molecule has 8 heteroatoms. The largest absolute Gasteiger partial charge is 0.355 e. The Labute approximate surface area is 143 Å². The lowest BCUT2D eigenvalue weighted by Crippen LogP contribution is -2.34. The van der Waals surface area contributed by atoms with Gasteiger partial charge in [-0.2, -0.15) is 0 Å². The summed E-state index contributed by atoms with van der Waals surface area (Å²) in [5, 5.41) is 2.78. The molecule has 2 N–H and O–H groups in total. The number of halogens is 2. The molecule has 1 aliphatic rings. The van der Waals surface area contributed by atoms with E-state index in [1.165, 1.54) is 11.0 Å². The van der Waals surface area contributed by atoms with Gasteiger partial charge in [-0.3, -0.25) is 9.59 Å². The van der Waals surface area contributed by atoms with Crippen molar-refractivity contribution in [3.63, 3.8) is 0 Å². The number of nitrogens with zero attached hydrogens (tertiary/aromatic N) is 2. The van der Waals surface area contributed by atoms with Crippen LogP contribution >= 0.6 is 0 Å². The summed E-state index contributed by atoms with van der Waals surface area (Å²) in [6.45, 7) is 0.408. The number of H-pyrrole nitrogens is 1. The van der Waals surface area contributed by atoms with E-state index < -0.39 is 17.6 Å². The fourth-order valence-electron chi connectivity index (χ4n) is 2.86.